The van der Waals surface area contributed by atoms with E-state index < -0.39 is 5.97 Å². The Morgan fingerprint density at radius 3 is 2.24 bits per heavy atom. The van der Waals surface area contributed by atoms with Gasteiger partial charge in [0.2, 0.25) is 0 Å². The van der Waals surface area contributed by atoms with Crippen LogP contribution < -0.4 is 0 Å². The zero-order valence-corrected chi connectivity index (χ0v) is 10.2. The molecule has 0 bridgehead atoms. The number of unbranched alkanes of at least 4 members (excludes halogenated alkanes) is 1. The third-order valence-electron chi connectivity index (χ3n) is 2.41. The van der Waals surface area contributed by atoms with Crippen molar-refractivity contribution < 1.29 is 14.7 Å². The number of ketones is 1. The summed E-state index contributed by atoms with van der Waals surface area (Å²) in [6, 6.07) is 7.10. The molecule has 0 aliphatic heterocycles. The number of benzene rings is 1. The van der Waals surface area contributed by atoms with Gasteiger partial charge in [-0.25, -0.2) is 0 Å². The molecule has 0 spiro atoms. The Kier molecular flexibility index (Phi) is 5.49. The van der Waals surface area contributed by atoms with Gasteiger partial charge in [0.1, 0.15) is 0 Å². The van der Waals surface area contributed by atoms with Crippen molar-refractivity contribution in [2.45, 2.75) is 25.7 Å². The first kappa shape index (κ1) is 13.5. The Labute approximate surface area is 105 Å². The van der Waals surface area contributed by atoms with Crippen molar-refractivity contribution >= 4 is 29.3 Å². The normalized spacial score (nSPS) is 9.88. The molecule has 90 valence electrons. The topological polar surface area (TPSA) is 54.4 Å². The van der Waals surface area contributed by atoms with Crippen LogP contribution in [0.25, 0.3) is 0 Å². The molecule has 0 unspecified atom stereocenters. The van der Waals surface area contributed by atoms with E-state index >= 15 is 0 Å². The molecular formula is C13H14O3S. The molecule has 1 rings (SSSR count). The van der Waals surface area contributed by atoms with Crippen molar-refractivity contribution in [1.29, 1.82) is 0 Å². The van der Waals surface area contributed by atoms with E-state index in [0.717, 1.165) is 5.56 Å². The minimum atomic E-state index is -0.817. The summed E-state index contributed by atoms with van der Waals surface area (Å²) in [6.07, 6.45) is 1.67. The number of carboxylic acid groups (broad SMARTS) is 1. The largest absolute Gasteiger partial charge is 0.481 e. The number of carboxylic acids is 1. The molecule has 3 nitrogen and oxygen atoms in total. The van der Waals surface area contributed by atoms with Crippen molar-refractivity contribution in [2.75, 3.05) is 0 Å². The first-order chi connectivity index (χ1) is 8.13. The van der Waals surface area contributed by atoms with Crippen LogP contribution in [0.2, 0.25) is 0 Å². The number of carbonyl (C=O) groups is 2. The van der Waals surface area contributed by atoms with Gasteiger partial charge < -0.3 is 5.11 Å². The number of aliphatic carboxylic acids is 1. The van der Waals surface area contributed by atoms with Gasteiger partial charge in [-0.1, -0.05) is 36.5 Å². The molecule has 0 radical (unpaired) electrons. The summed E-state index contributed by atoms with van der Waals surface area (Å²) in [7, 11) is 0. The Bertz CT molecular complexity index is 409. The van der Waals surface area contributed by atoms with Crippen molar-refractivity contribution in [3.63, 3.8) is 0 Å². The highest BCUT2D eigenvalue weighted by Crippen LogP contribution is 2.09. The lowest BCUT2D eigenvalue weighted by Gasteiger charge is -2.01. The minimum Gasteiger partial charge on any atom is -0.481 e. The van der Waals surface area contributed by atoms with E-state index in [9.17, 15) is 9.59 Å². The summed E-state index contributed by atoms with van der Waals surface area (Å²) in [5.74, 6) is -0.769. The van der Waals surface area contributed by atoms with Crippen LogP contribution in [0.5, 0.6) is 0 Å². The number of rotatable bonds is 7. The third kappa shape index (κ3) is 4.87. The van der Waals surface area contributed by atoms with Crippen LogP contribution >= 0.6 is 12.2 Å². The Morgan fingerprint density at radius 1 is 1.12 bits per heavy atom. The molecule has 0 aliphatic rings. The molecule has 4 heteroatoms. The lowest BCUT2D eigenvalue weighted by atomic mass is 10.0. The smallest absolute Gasteiger partial charge is 0.303 e. The molecule has 0 amide bonds. The second-order valence-electron chi connectivity index (χ2n) is 3.76. The van der Waals surface area contributed by atoms with Crippen LogP contribution in [0, 0.1) is 0 Å². The summed E-state index contributed by atoms with van der Waals surface area (Å²) in [5, 5.41) is 10.0. The number of carbonyl (C=O) groups excluding carboxylic acids is 1. The fraction of sp³-hybridized carbons (Fsp3) is 0.308. The molecular weight excluding hydrogens is 236 g/mol. The van der Waals surface area contributed by atoms with Crippen molar-refractivity contribution in [3.05, 3.63) is 35.4 Å². The number of hydrogen-bond donors (Lipinski definition) is 1. The van der Waals surface area contributed by atoms with Crippen LogP contribution in [-0.4, -0.2) is 22.2 Å². The summed E-state index contributed by atoms with van der Waals surface area (Å²) in [4.78, 5) is 22.0. The average molecular weight is 250 g/mol. The van der Waals surface area contributed by atoms with Crippen molar-refractivity contribution in [2.24, 2.45) is 0 Å². The molecule has 1 aromatic rings. The Morgan fingerprint density at radius 2 is 1.71 bits per heavy atom. The van der Waals surface area contributed by atoms with Gasteiger partial charge in [0.25, 0.3) is 0 Å². The fourth-order valence-corrected chi connectivity index (χ4v) is 1.61. The molecule has 0 aromatic heterocycles. The predicted molar refractivity (Wildman–Crippen MR) is 69.6 cm³/mol. The first-order valence-corrected chi connectivity index (χ1v) is 5.91. The summed E-state index contributed by atoms with van der Waals surface area (Å²) in [5.41, 5.74) is 1.56. The monoisotopic (exact) mass is 250 g/mol. The second-order valence-corrected chi connectivity index (χ2v) is 4.00. The number of thiocarbonyl (C=S) groups is 1. The minimum absolute atomic E-state index is 0.0475. The Hall–Kier alpha value is -1.55. The second kappa shape index (κ2) is 6.91. The van der Waals surface area contributed by atoms with E-state index in [1.807, 2.05) is 0 Å². The molecule has 0 atom stereocenters. The predicted octanol–water partition coefficient (Wildman–Crippen LogP) is 2.86. The zero-order valence-electron chi connectivity index (χ0n) is 9.39. The lowest BCUT2D eigenvalue weighted by molar-refractivity contribution is -0.137. The van der Waals surface area contributed by atoms with E-state index in [1.165, 1.54) is 0 Å². The highest BCUT2D eigenvalue weighted by atomic mass is 32.1. The molecule has 1 aromatic carbocycles. The molecule has 0 saturated heterocycles. The first-order valence-electron chi connectivity index (χ1n) is 5.43. The quantitative estimate of drug-likeness (QED) is 0.459. The van der Waals surface area contributed by atoms with Crippen molar-refractivity contribution in [3.8, 4) is 0 Å². The third-order valence-corrected chi connectivity index (χ3v) is 2.69. The van der Waals surface area contributed by atoms with Crippen LogP contribution in [-0.2, 0) is 4.79 Å². The van der Waals surface area contributed by atoms with Gasteiger partial charge in [-0.2, -0.15) is 0 Å². The van der Waals surface area contributed by atoms with Gasteiger partial charge in [0.05, 0.1) is 0 Å². The molecule has 0 heterocycles. The number of hydrogen-bond acceptors (Lipinski definition) is 3. The van der Waals surface area contributed by atoms with Crippen molar-refractivity contribution in [1.82, 2.24) is 0 Å². The zero-order chi connectivity index (χ0) is 12.7. The van der Waals surface area contributed by atoms with E-state index in [4.69, 9.17) is 17.3 Å². The molecule has 0 saturated carbocycles. The van der Waals surface area contributed by atoms with Gasteiger partial charge in [0, 0.05) is 23.8 Å². The van der Waals surface area contributed by atoms with E-state index in [-0.39, 0.29) is 12.2 Å². The fourth-order valence-electron chi connectivity index (χ4n) is 1.45. The van der Waals surface area contributed by atoms with Crippen LogP contribution in [0.1, 0.15) is 41.6 Å². The average Bonchev–Trinajstić information content (AvgIpc) is 2.34. The SMILES string of the molecule is O=C(O)CCCCC(=O)c1ccc(C=S)cc1. The maximum Gasteiger partial charge on any atom is 0.303 e. The van der Waals surface area contributed by atoms with E-state index in [2.05, 4.69) is 0 Å². The highest BCUT2D eigenvalue weighted by Gasteiger charge is 2.05. The van der Waals surface area contributed by atoms with Crippen LogP contribution in [0.3, 0.4) is 0 Å². The molecule has 1 N–H and O–H groups in total. The van der Waals surface area contributed by atoms with Gasteiger partial charge >= 0.3 is 5.97 Å². The standard InChI is InChI=1S/C13H14O3S/c14-12(3-1-2-4-13(15)16)11-7-5-10(9-17)6-8-11/h5-9H,1-4H2,(H,15,16). The van der Waals surface area contributed by atoms with Crippen LogP contribution in [0.4, 0.5) is 0 Å². The number of Topliss-reactive ketones (excluding diaryl/α,β-unsaturated/α-hetero) is 1. The summed E-state index contributed by atoms with van der Waals surface area (Å²) in [6.45, 7) is 0. The molecule has 0 aliphatic carbocycles. The van der Waals surface area contributed by atoms with Crippen LogP contribution in [0.15, 0.2) is 24.3 Å². The molecule has 17 heavy (non-hydrogen) atoms. The summed E-state index contributed by atoms with van der Waals surface area (Å²) >= 11 is 4.77. The lowest BCUT2D eigenvalue weighted by Crippen LogP contribution is -2.00. The van der Waals surface area contributed by atoms with Gasteiger partial charge in [0.15, 0.2) is 5.78 Å². The molecule has 0 fully saturated rings. The van der Waals surface area contributed by atoms with E-state index in [0.29, 0.717) is 24.8 Å². The van der Waals surface area contributed by atoms with Gasteiger partial charge in [-0.3, -0.25) is 9.59 Å². The maximum atomic E-state index is 11.7. The summed E-state index contributed by atoms with van der Waals surface area (Å²) < 4.78 is 0. The van der Waals surface area contributed by atoms with Gasteiger partial charge in [-0.15, -0.1) is 0 Å². The maximum absolute atomic E-state index is 11.7. The van der Waals surface area contributed by atoms with E-state index in [1.54, 1.807) is 29.6 Å². The Balaban J connectivity index is 2.41. The van der Waals surface area contributed by atoms with Gasteiger partial charge in [-0.05, 0) is 18.4 Å². The highest BCUT2D eigenvalue weighted by molar-refractivity contribution is 7.79.